The molecule has 0 aromatic carbocycles. The summed E-state index contributed by atoms with van der Waals surface area (Å²) in [5.41, 5.74) is 1.98. The van der Waals surface area contributed by atoms with E-state index in [0.29, 0.717) is 0 Å². The van der Waals surface area contributed by atoms with Gasteiger partial charge in [-0.3, -0.25) is 0 Å². The van der Waals surface area contributed by atoms with Gasteiger partial charge < -0.3 is 0 Å². The summed E-state index contributed by atoms with van der Waals surface area (Å²) in [5, 5.41) is 7.82. The lowest BCUT2D eigenvalue weighted by atomic mass is 9.92. The van der Waals surface area contributed by atoms with Crippen LogP contribution in [0.25, 0.3) is 5.65 Å². The van der Waals surface area contributed by atoms with Crippen LogP contribution in [-0.2, 0) is 5.41 Å². The van der Waals surface area contributed by atoms with Gasteiger partial charge in [0, 0.05) is 11.6 Å². The number of hydrogen-bond donors (Lipinski definition) is 0. The van der Waals surface area contributed by atoms with Gasteiger partial charge in [-0.1, -0.05) is 26.0 Å². The first-order valence-corrected chi connectivity index (χ1v) is 4.25. The predicted molar refractivity (Wildman–Crippen MR) is 49.5 cm³/mol. The third-order valence-corrected chi connectivity index (χ3v) is 1.97. The fourth-order valence-electron chi connectivity index (χ4n) is 1.31. The molecule has 0 spiro atoms. The third kappa shape index (κ3) is 1.28. The van der Waals surface area contributed by atoms with E-state index in [0.717, 1.165) is 11.3 Å². The van der Waals surface area contributed by atoms with Crippen LogP contribution in [0, 0.1) is 0 Å². The van der Waals surface area contributed by atoms with Crippen molar-refractivity contribution in [1.29, 1.82) is 0 Å². The Morgan fingerprint density at radius 1 is 1.31 bits per heavy atom. The normalized spacial score (nSPS) is 12.2. The maximum atomic E-state index is 4.15. The second-order valence-electron chi connectivity index (χ2n) is 4.08. The van der Waals surface area contributed by atoms with Crippen molar-refractivity contribution in [3.63, 3.8) is 0 Å². The first-order chi connectivity index (χ1) is 6.09. The molecular formula is C9H12N4. The summed E-state index contributed by atoms with van der Waals surface area (Å²) in [6.45, 7) is 6.43. The Morgan fingerprint density at radius 2 is 2.08 bits per heavy atom. The van der Waals surface area contributed by atoms with Crippen molar-refractivity contribution in [3.8, 4) is 0 Å². The lowest BCUT2D eigenvalue weighted by Gasteiger charge is -2.18. The Hall–Kier alpha value is -1.45. The third-order valence-electron chi connectivity index (χ3n) is 1.97. The SMILES string of the molecule is CC(C)(C)c1ccnc2cnnn12. The number of aromatic nitrogens is 4. The smallest absolute Gasteiger partial charge is 0.175 e. The van der Waals surface area contributed by atoms with Crippen molar-refractivity contribution >= 4 is 5.65 Å². The van der Waals surface area contributed by atoms with Crippen molar-refractivity contribution in [2.45, 2.75) is 26.2 Å². The van der Waals surface area contributed by atoms with E-state index >= 15 is 0 Å². The highest BCUT2D eigenvalue weighted by atomic mass is 15.4. The molecule has 2 aromatic heterocycles. The highest BCUT2D eigenvalue weighted by Gasteiger charge is 2.17. The zero-order valence-electron chi connectivity index (χ0n) is 8.02. The second-order valence-corrected chi connectivity index (χ2v) is 4.08. The summed E-state index contributed by atoms with van der Waals surface area (Å²) in [5.74, 6) is 0. The van der Waals surface area contributed by atoms with E-state index in [2.05, 4.69) is 36.1 Å². The van der Waals surface area contributed by atoms with Gasteiger partial charge in [0.1, 0.15) is 0 Å². The highest BCUT2D eigenvalue weighted by molar-refractivity contribution is 5.35. The summed E-state index contributed by atoms with van der Waals surface area (Å²) in [6.07, 6.45) is 3.45. The van der Waals surface area contributed by atoms with E-state index in [1.165, 1.54) is 0 Å². The molecule has 2 aromatic rings. The van der Waals surface area contributed by atoms with Gasteiger partial charge in [0.2, 0.25) is 0 Å². The Balaban J connectivity index is 2.75. The summed E-state index contributed by atoms with van der Waals surface area (Å²) in [7, 11) is 0. The van der Waals surface area contributed by atoms with E-state index in [-0.39, 0.29) is 5.41 Å². The van der Waals surface area contributed by atoms with Gasteiger partial charge in [-0.25, -0.2) is 4.98 Å². The summed E-state index contributed by atoms with van der Waals surface area (Å²) in [6, 6.07) is 1.97. The van der Waals surface area contributed by atoms with Crippen LogP contribution in [0.4, 0.5) is 0 Å². The highest BCUT2D eigenvalue weighted by Crippen LogP contribution is 2.20. The van der Waals surface area contributed by atoms with Crippen LogP contribution in [0.2, 0.25) is 0 Å². The molecule has 0 aliphatic rings. The Kier molecular flexibility index (Phi) is 1.58. The minimum Gasteiger partial charge on any atom is -0.236 e. The molecule has 0 unspecified atom stereocenters. The van der Waals surface area contributed by atoms with E-state index in [1.54, 1.807) is 16.9 Å². The van der Waals surface area contributed by atoms with Crippen LogP contribution in [0.15, 0.2) is 18.5 Å². The number of fused-ring (bicyclic) bond motifs is 1. The molecule has 0 saturated carbocycles. The summed E-state index contributed by atoms with van der Waals surface area (Å²) >= 11 is 0. The standard InChI is InChI=1S/C9H12N4/c1-9(2,3)7-4-5-10-8-6-11-12-13(7)8/h4-6H,1-3H3. The van der Waals surface area contributed by atoms with Crippen LogP contribution < -0.4 is 0 Å². The maximum absolute atomic E-state index is 4.15. The first kappa shape index (κ1) is 8.16. The molecule has 0 radical (unpaired) electrons. The van der Waals surface area contributed by atoms with Crippen molar-refractivity contribution < 1.29 is 0 Å². The number of nitrogens with zero attached hydrogens (tertiary/aromatic N) is 4. The average Bonchev–Trinajstić information content (AvgIpc) is 2.48. The molecule has 0 amide bonds. The minimum atomic E-state index is 0.0644. The van der Waals surface area contributed by atoms with E-state index in [9.17, 15) is 0 Å². The Labute approximate surface area is 76.6 Å². The first-order valence-electron chi connectivity index (χ1n) is 4.25. The number of rotatable bonds is 0. The Bertz CT molecular complexity index is 424. The number of hydrogen-bond acceptors (Lipinski definition) is 3. The van der Waals surface area contributed by atoms with Crippen LogP contribution in [0.3, 0.4) is 0 Å². The lowest BCUT2D eigenvalue weighted by molar-refractivity contribution is 0.542. The van der Waals surface area contributed by atoms with Gasteiger partial charge in [-0.2, -0.15) is 4.52 Å². The van der Waals surface area contributed by atoms with Crippen molar-refractivity contribution in [2.24, 2.45) is 0 Å². The second kappa shape index (κ2) is 2.52. The molecular weight excluding hydrogens is 164 g/mol. The molecule has 68 valence electrons. The van der Waals surface area contributed by atoms with E-state index in [1.807, 2.05) is 6.07 Å². The summed E-state index contributed by atoms with van der Waals surface area (Å²) in [4.78, 5) is 4.15. The Morgan fingerprint density at radius 3 is 2.77 bits per heavy atom. The lowest BCUT2D eigenvalue weighted by Crippen LogP contribution is -2.17. The fraction of sp³-hybridized carbons (Fsp3) is 0.444. The van der Waals surface area contributed by atoms with E-state index < -0.39 is 0 Å². The van der Waals surface area contributed by atoms with Gasteiger partial charge >= 0.3 is 0 Å². The van der Waals surface area contributed by atoms with Gasteiger partial charge in [-0.15, -0.1) is 5.10 Å². The van der Waals surface area contributed by atoms with Crippen LogP contribution in [-0.4, -0.2) is 19.8 Å². The van der Waals surface area contributed by atoms with Crippen molar-refractivity contribution in [3.05, 3.63) is 24.2 Å². The van der Waals surface area contributed by atoms with Gasteiger partial charge in [-0.05, 0) is 6.07 Å². The largest absolute Gasteiger partial charge is 0.236 e. The van der Waals surface area contributed by atoms with Gasteiger partial charge in [0.15, 0.2) is 5.65 Å². The van der Waals surface area contributed by atoms with Crippen LogP contribution in [0.1, 0.15) is 26.5 Å². The molecule has 4 nitrogen and oxygen atoms in total. The molecule has 0 aliphatic heterocycles. The molecule has 2 heterocycles. The quantitative estimate of drug-likeness (QED) is 0.609. The molecule has 0 saturated heterocycles. The molecule has 0 atom stereocenters. The summed E-state index contributed by atoms with van der Waals surface area (Å²) < 4.78 is 1.78. The van der Waals surface area contributed by atoms with Crippen molar-refractivity contribution in [2.75, 3.05) is 0 Å². The molecule has 0 N–H and O–H groups in total. The van der Waals surface area contributed by atoms with Gasteiger partial charge in [0.25, 0.3) is 0 Å². The predicted octanol–water partition coefficient (Wildman–Crippen LogP) is 1.42. The van der Waals surface area contributed by atoms with Crippen LogP contribution >= 0.6 is 0 Å². The minimum absolute atomic E-state index is 0.0644. The zero-order chi connectivity index (χ0) is 9.47. The fourth-order valence-corrected chi connectivity index (χ4v) is 1.31. The molecule has 0 fully saturated rings. The van der Waals surface area contributed by atoms with E-state index in [4.69, 9.17) is 0 Å². The molecule has 0 aliphatic carbocycles. The molecule has 0 bridgehead atoms. The molecule has 2 rings (SSSR count). The maximum Gasteiger partial charge on any atom is 0.175 e. The average molecular weight is 176 g/mol. The van der Waals surface area contributed by atoms with Gasteiger partial charge in [0.05, 0.1) is 11.9 Å². The monoisotopic (exact) mass is 176 g/mol. The molecule has 13 heavy (non-hydrogen) atoms. The molecule has 4 heteroatoms. The topological polar surface area (TPSA) is 43.1 Å². The van der Waals surface area contributed by atoms with Crippen LogP contribution in [0.5, 0.6) is 0 Å². The van der Waals surface area contributed by atoms with Crippen molar-refractivity contribution in [1.82, 2.24) is 19.8 Å². The zero-order valence-corrected chi connectivity index (χ0v) is 8.02.